The van der Waals surface area contributed by atoms with Crippen molar-refractivity contribution >= 4 is 5.97 Å². The molecular weight excluding hydrogens is 274 g/mol. The summed E-state index contributed by atoms with van der Waals surface area (Å²) in [5, 5.41) is 8.67. The van der Waals surface area contributed by atoms with Crippen LogP contribution in [-0.2, 0) is 4.79 Å². The third kappa shape index (κ3) is 3.50. The predicted octanol–water partition coefficient (Wildman–Crippen LogP) is 4.64. The number of aliphatic carboxylic acids is 1. The van der Waals surface area contributed by atoms with Crippen LogP contribution in [0.5, 0.6) is 0 Å². The van der Waals surface area contributed by atoms with Gasteiger partial charge < -0.3 is 5.11 Å². The molecule has 0 amide bonds. The van der Waals surface area contributed by atoms with Crippen molar-refractivity contribution in [3.8, 4) is 0 Å². The van der Waals surface area contributed by atoms with E-state index < -0.39 is 5.97 Å². The number of fused-ring (bicyclic) bond motifs is 2. The van der Waals surface area contributed by atoms with E-state index in [0.29, 0.717) is 6.42 Å². The molecule has 120 valence electrons. The molecule has 0 aromatic carbocycles. The maximum Gasteiger partial charge on any atom is 0.303 e. The summed E-state index contributed by atoms with van der Waals surface area (Å²) in [5.41, 5.74) is 1.45. The highest BCUT2D eigenvalue weighted by atomic mass is 16.4. The molecule has 0 saturated heterocycles. The van der Waals surface area contributed by atoms with Crippen molar-refractivity contribution in [2.24, 2.45) is 17.8 Å². The van der Waals surface area contributed by atoms with Crippen LogP contribution in [0.4, 0.5) is 0 Å². The maximum atomic E-state index is 10.5. The van der Waals surface area contributed by atoms with E-state index in [1.54, 1.807) is 0 Å². The van der Waals surface area contributed by atoms with Crippen molar-refractivity contribution in [1.82, 2.24) is 4.98 Å². The second kappa shape index (κ2) is 7.26. The van der Waals surface area contributed by atoms with Gasteiger partial charge in [0.1, 0.15) is 0 Å². The molecule has 3 nitrogen and oxygen atoms in total. The van der Waals surface area contributed by atoms with Gasteiger partial charge in [-0.25, -0.2) is 0 Å². The topological polar surface area (TPSA) is 50.2 Å². The molecule has 2 aliphatic carbocycles. The van der Waals surface area contributed by atoms with Gasteiger partial charge in [0.25, 0.3) is 0 Å². The maximum absolute atomic E-state index is 10.5. The van der Waals surface area contributed by atoms with Gasteiger partial charge in [-0.3, -0.25) is 9.78 Å². The summed E-state index contributed by atoms with van der Waals surface area (Å²) in [5.74, 6) is 2.71. The Morgan fingerprint density at radius 2 is 2.00 bits per heavy atom. The number of unbranched alkanes of at least 4 members (excludes halogenated alkanes) is 3. The molecule has 2 aliphatic rings. The largest absolute Gasteiger partial charge is 0.481 e. The third-order valence-corrected chi connectivity index (χ3v) is 5.84. The van der Waals surface area contributed by atoms with Crippen molar-refractivity contribution in [3.63, 3.8) is 0 Å². The molecule has 0 radical (unpaired) electrons. The quantitative estimate of drug-likeness (QED) is 0.712. The number of hydrogen-bond donors (Lipinski definition) is 1. The molecule has 1 heterocycles. The number of carbonyl (C=O) groups is 1. The van der Waals surface area contributed by atoms with E-state index in [1.165, 1.54) is 44.1 Å². The highest BCUT2D eigenvalue weighted by Gasteiger charge is 2.47. The van der Waals surface area contributed by atoms with Crippen LogP contribution < -0.4 is 0 Å². The lowest BCUT2D eigenvalue weighted by molar-refractivity contribution is -0.137. The highest BCUT2D eigenvalue weighted by molar-refractivity contribution is 5.66. The smallest absolute Gasteiger partial charge is 0.303 e. The van der Waals surface area contributed by atoms with Gasteiger partial charge in [0.15, 0.2) is 0 Å². The summed E-state index contributed by atoms with van der Waals surface area (Å²) >= 11 is 0. The van der Waals surface area contributed by atoms with Gasteiger partial charge in [-0.15, -0.1) is 0 Å². The summed E-state index contributed by atoms with van der Waals surface area (Å²) in [4.78, 5) is 14.9. The van der Waals surface area contributed by atoms with E-state index in [4.69, 9.17) is 5.11 Å². The molecule has 0 spiro atoms. The SMILES string of the molecule is O=C(O)CCCCCC[C@@H]1[C@H]2CC[C@H](C2)[C@@H]1c1cccnc1. The van der Waals surface area contributed by atoms with E-state index in [1.807, 2.05) is 6.20 Å². The zero-order valence-electron chi connectivity index (χ0n) is 13.3. The Morgan fingerprint density at radius 3 is 2.77 bits per heavy atom. The van der Waals surface area contributed by atoms with Gasteiger partial charge in [0.05, 0.1) is 0 Å². The Balaban J connectivity index is 1.50. The molecule has 3 rings (SSSR count). The number of aromatic nitrogens is 1. The van der Waals surface area contributed by atoms with Crippen molar-refractivity contribution < 1.29 is 9.90 Å². The number of hydrogen-bond acceptors (Lipinski definition) is 2. The monoisotopic (exact) mass is 301 g/mol. The Hall–Kier alpha value is -1.38. The second-order valence-electron chi connectivity index (χ2n) is 7.16. The predicted molar refractivity (Wildman–Crippen MR) is 86.6 cm³/mol. The first-order valence-electron chi connectivity index (χ1n) is 8.87. The lowest BCUT2D eigenvalue weighted by Crippen LogP contribution is -2.20. The van der Waals surface area contributed by atoms with E-state index in [9.17, 15) is 4.79 Å². The zero-order chi connectivity index (χ0) is 15.4. The molecule has 1 aromatic rings. The lowest BCUT2D eigenvalue weighted by atomic mass is 9.74. The summed E-state index contributed by atoms with van der Waals surface area (Å²) in [6.45, 7) is 0. The Labute approximate surface area is 133 Å². The van der Waals surface area contributed by atoms with Gasteiger partial charge in [-0.1, -0.05) is 25.3 Å². The molecule has 0 unspecified atom stereocenters. The normalized spacial score (nSPS) is 29.8. The van der Waals surface area contributed by atoms with Gasteiger partial charge >= 0.3 is 5.97 Å². The first-order chi connectivity index (χ1) is 10.8. The molecule has 1 aromatic heterocycles. The van der Waals surface area contributed by atoms with Crippen LogP contribution in [0.25, 0.3) is 0 Å². The number of carboxylic acids is 1. The van der Waals surface area contributed by atoms with Gasteiger partial charge in [0, 0.05) is 18.8 Å². The molecule has 2 fully saturated rings. The van der Waals surface area contributed by atoms with Crippen molar-refractivity contribution in [2.45, 2.75) is 63.7 Å². The van der Waals surface area contributed by atoms with Crippen LogP contribution in [0, 0.1) is 17.8 Å². The minimum absolute atomic E-state index is 0.326. The molecule has 4 atom stereocenters. The van der Waals surface area contributed by atoms with Crippen LogP contribution in [-0.4, -0.2) is 16.1 Å². The average molecular weight is 301 g/mol. The fourth-order valence-corrected chi connectivity index (χ4v) is 4.93. The van der Waals surface area contributed by atoms with Gasteiger partial charge in [-0.05, 0) is 67.4 Å². The van der Waals surface area contributed by atoms with E-state index in [0.717, 1.165) is 36.5 Å². The van der Waals surface area contributed by atoms with Crippen molar-refractivity contribution in [3.05, 3.63) is 30.1 Å². The van der Waals surface area contributed by atoms with E-state index >= 15 is 0 Å². The molecule has 22 heavy (non-hydrogen) atoms. The Morgan fingerprint density at radius 1 is 1.18 bits per heavy atom. The van der Waals surface area contributed by atoms with Crippen LogP contribution in [0.3, 0.4) is 0 Å². The first kappa shape index (κ1) is 15.5. The minimum atomic E-state index is -0.662. The average Bonchev–Trinajstić information content (AvgIpc) is 3.12. The number of pyridine rings is 1. The molecule has 0 aliphatic heterocycles. The molecule has 3 heteroatoms. The van der Waals surface area contributed by atoms with Gasteiger partial charge in [0.2, 0.25) is 0 Å². The summed E-state index contributed by atoms with van der Waals surface area (Å²) in [7, 11) is 0. The highest BCUT2D eigenvalue weighted by Crippen LogP contribution is 2.58. The fourth-order valence-electron chi connectivity index (χ4n) is 4.93. The summed E-state index contributed by atoms with van der Waals surface area (Å²) in [6, 6.07) is 4.34. The minimum Gasteiger partial charge on any atom is -0.481 e. The standard InChI is InChI=1S/C19H27NO2/c21-18(22)8-4-2-1-3-7-17-14-9-10-15(12-14)19(17)16-6-5-11-20-13-16/h5-6,11,13-15,17,19H,1-4,7-10,12H2,(H,21,22)/t14-,15+,17+,19+/m0/s1. The van der Waals surface area contributed by atoms with Gasteiger partial charge in [-0.2, -0.15) is 0 Å². The third-order valence-electron chi connectivity index (χ3n) is 5.84. The van der Waals surface area contributed by atoms with E-state index in [-0.39, 0.29) is 0 Å². The summed E-state index contributed by atoms with van der Waals surface area (Å²) in [6.07, 6.45) is 14.2. The van der Waals surface area contributed by atoms with Crippen molar-refractivity contribution in [2.75, 3.05) is 0 Å². The fraction of sp³-hybridized carbons (Fsp3) is 0.684. The molecular formula is C19H27NO2. The van der Waals surface area contributed by atoms with Crippen molar-refractivity contribution in [1.29, 1.82) is 0 Å². The molecule has 2 saturated carbocycles. The Kier molecular flexibility index (Phi) is 5.12. The summed E-state index contributed by atoms with van der Waals surface area (Å²) < 4.78 is 0. The van der Waals surface area contributed by atoms with Crippen LogP contribution in [0.1, 0.15) is 69.3 Å². The second-order valence-corrected chi connectivity index (χ2v) is 7.16. The molecule has 2 bridgehead atoms. The zero-order valence-corrected chi connectivity index (χ0v) is 13.3. The number of nitrogens with zero attached hydrogens (tertiary/aromatic N) is 1. The van der Waals surface area contributed by atoms with Crippen LogP contribution >= 0.6 is 0 Å². The number of carboxylic acid groups (broad SMARTS) is 1. The first-order valence-corrected chi connectivity index (χ1v) is 8.87. The molecule has 1 N–H and O–H groups in total. The lowest BCUT2D eigenvalue weighted by Gasteiger charge is -2.31. The number of rotatable bonds is 8. The Bertz CT molecular complexity index is 487. The van der Waals surface area contributed by atoms with Crippen LogP contribution in [0.2, 0.25) is 0 Å². The van der Waals surface area contributed by atoms with Crippen LogP contribution in [0.15, 0.2) is 24.5 Å². The van der Waals surface area contributed by atoms with E-state index in [2.05, 4.69) is 23.3 Å².